The Morgan fingerprint density at radius 2 is 2.39 bits per heavy atom. The van der Waals surface area contributed by atoms with Crippen LogP contribution in [-0.4, -0.2) is 14.8 Å². The van der Waals surface area contributed by atoms with Crippen LogP contribution in [-0.2, 0) is 13.2 Å². The standard InChI is InChI=1S/C12H12ClN3OS/c1-2-6-16-11(14-15-12(16)18)8-17-10-5-3-4-9(13)7-10/h2-5,7H,1,6,8H2,(H,15,18). The average molecular weight is 282 g/mol. The second-order valence-electron chi connectivity index (χ2n) is 3.59. The molecule has 0 atom stereocenters. The van der Waals surface area contributed by atoms with E-state index in [4.69, 9.17) is 28.6 Å². The van der Waals surface area contributed by atoms with Gasteiger partial charge in [-0.2, -0.15) is 5.10 Å². The van der Waals surface area contributed by atoms with Crippen LogP contribution in [0, 0.1) is 4.77 Å². The Morgan fingerprint density at radius 3 is 3.11 bits per heavy atom. The molecule has 1 heterocycles. The molecule has 2 aromatic rings. The molecule has 94 valence electrons. The summed E-state index contributed by atoms with van der Waals surface area (Å²) >= 11 is 11.0. The molecule has 0 amide bonds. The zero-order valence-corrected chi connectivity index (χ0v) is 11.2. The molecule has 0 unspecified atom stereocenters. The van der Waals surface area contributed by atoms with E-state index in [1.165, 1.54) is 0 Å². The number of aromatic amines is 1. The van der Waals surface area contributed by atoms with Crippen molar-refractivity contribution in [2.24, 2.45) is 0 Å². The highest BCUT2D eigenvalue weighted by atomic mass is 35.5. The second-order valence-corrected chi connectivity index (χ2v) is 4.41. The Morgan fingerprint density at radius 1 is 1.56 bits per heavy atom. The SMILES string of the molecule is C=CCn1c(COc2cccc(Cl)c2)n[nH]c1=S. The summed E-state index contributed by atoms with van der Waals surface area (Å²) in [5, 5.41) is 7.48. The normalized spacial score (nSPS) is 10.3. The summed E-state index contributed by atoms with van der Waals surface area (Å²) in [6.45, 7) is 4.60. The lowest BCUT2D eigenvalue weighted by Gasteiger charge is -2.07. The molecule has 0 spiro atoms. The van der Waals surface area contributed by atoms with Gasteiger partial charge in [0.05, 0.1) is 0 Å². The van der Waals surface area contributed by atoms with Crippen molar-refractivity contribution in [2.75, 3.05) is 0 Å². The maximum atomic E-state index is 5.87. The number of halogens is 1. The van der Waals surface area contributed by atoms with Crippen molar-refractivity contribution in [3.63, 3.8) is 0 Å². The highest BCUT2D eigenvalue weighted by molar-refractivity contribution is 7.71. The monoisotopic (exact) mass is 281 g/mol. The molecule has 0 fully saturated rings. The van der Waals surface area contributed by atoms with Gasteiger partial charge in [0, 0.05) is 11.6 Å². The first kappa shape index (κ1) is 12.9. The van der Waals surface area contributed by atoms with Crippen LogP contribution in [0.25, 0.3) is 0 Å². The van der Waals surface area contributed by atoms with Crippen molar-refractivity contribution < 1.29 is 4.74 Å². The third-order valence-electron chi connectivity index (χ3n) is 2.31. The highest BCUT2D eigenvalue weighted by Crippen LogP contribution is 2.18. The number of nitrogens with one attached hydrogen (secondary N) is 1. The van der Waals surface area contributed by atoms with E-state index in [2.05, 4.69) is 16.8 Å². The smallest absolute Gasteiger partial charge is 0.195 e. The lowest BCUT2D eigenvalue weighted by Crippen LogP contribution is -2.06. The first-order chi connectivity index (χ1) is 8.70. The predicted molar refractivity (Wildman–Crippen MR) is 73.4 cm³/mol. The number of hydrogen-bond acceptors (Lipinski definition) is 3. The van der Waals surface area contributed by atoms with E-state index in [0.717, 1.165) is 5.82 Å². The third kappa shape index (κ3) is 3.00. The first-order valence-electron chi connectivity index (χ1n) is 5.34. The molecule has 0 aliphatic rings. The van der Waals surface area contributed by atoms with E-state index in [1.54, 1.807) is 18.2 Å². The van der Waals surface area contributed by atoms with E-state index in [0.29, 0.717) is 28.7 Å². The number of nitrogens with zero attached hydrogens (tertiary/aromatic N) is 2. The molecule has 1 N–H and O–H groups in total. The maximum absolute atomic E-state index is 5.87. The second kappa shape index (κ2) is 5.84. The zero-order valence-electron chi connectivity index (χ0n) is 9.60. The molecule has 6 heteroatoms. The van der Waals surface area contributed by atoms with Gasteiger partial charge in [-0.1, -0.05) is 23.7 Å². The molecule has 1 aromatic carbocycles. The molecule has 2 rings (SSSR count). The molecule has 4 nitrogen and oxygen atoms in total. The summed E-state index contributed by atoms with van der Waals surface area (Å²) in [6, 6.07) is 7.21. The van der Waals surface area contributed by atoms with E-state index in [-0.39, 0.29) is 0 Å². The molecular formula is C12H12ClN3OS. The minimum Gasteiger partial charge on any atom is -0.486 e. The van der Waals surface area contributed by atoms with Crippen LogP contribution < -0.4 is 4.74 Å². The van der Waals surface area contributed by atoms with Gasteiger partial charge in [0.2, 0.25) is 0 Å². The first-order valence-corrected chi connectivity index (χ1v) is 6.12. The Kier molecular flexibility index (Phi) is 4.17. The topological polar surface area (TPSA) is 42.8 Å². The Labute approximate surface area is 115 Å². The predicted octanol–water partition coefficient (Wildman–Crippen LogP) is 3.36. The molecule has 0 aliphatic heterocycles. The van der Waals surface area contributed by atoms with Crippen LogP contribution in [0.2, 0.25) is 5.02 Å². The molecule has 0 bridgehead atoms. The van der Waals surface area contributed by atoms with Gasteiger partial charge in [-0.3, -0.25) is 9.67 Å². The van der Waals surface area contributed by atoms with Crippen molar-refractivity contribution in [3.05, 3.63) is 52.5 Å². The van der Waals surface area contributed by atoms with E-state index in [1.807, 2.05) is 16.7 Å². The number of rotatable bonds is 5. The van der Waals surface area contributed by atoms with Crippen molar-refractivity contribution in [1.82, 2.24) is 14.8 Å². The molecule has 18 heavy (non-hydrogen) atoms. The Balaban J connectivity index is 2.10. The number of ether oxygens (including phenoxy) is 1. The third-order valence-corrected chi connectivity index (χ3v) is 2.86. The summed E-state index contributed by atoms with van der Waals surface area (Å²) < 4.78 is 7.99. The van der Waals surface area contributed by atoms with E-state index >= 15 is 0 Å². The minimum absolute atomic E-state index is 0.321. The summed E-state index contributed by atoms with van der Waals surface area (Å²) in [5.74, 6) is 1.42. The maximum Gasteiger partial charge on any atom is 0.195 e. The van der Waals surface area contributed by atoms with Crippen LogP contribution >= 0.6 is 23.8 Å². The quantitative estimate of drug-likeness (QED) is 0.675. The van der Waals surface area contributed by atoms with Gasteiger partial charge >= 0.3 is 0 Å². The Hall–Kier alpha value is -1.59. The van der Waals surface area contributed by atoms with Gasteiger partial charge in [0.15, 0.2) is 10.6 Å². The summed E-state index contributed by atoms with van der Waals surface area (Å²) in [5.41, 5.74) is 0. The van der Waals surface area contributed by atoms with Gasteiger partial charge < -0.3 is 4.74 Å². The molecule has 0 saturated carbocycles. The highest BCUT2D eigenvalue weighted by Gasteiger charge is 2.05. The molecule has 1 aromatic heterocycles. The molecule has 0 radical (unpaired) electrons. The minimum atomic E-state index is 0.321. The molecular weight excluding hydrogens is 270 g/mol. The largest absolute Gasteiger partial charge is 0.486 e. The fourth-order valence-corrected chi connectivity index (χ4v) is 1.89. The van der Waals surface area contributed by atoms with Crippen LogP contribution in [0.15, 0.2) is 36.9 Å². The lowest BCUT2D eigenvalue weighted by atomic mass is 10.3. The Bertz CT molecular complexity index is 605. The van der Waals surface area contributed by atoms with Crippen LogP contribution in [0.1, 0.15) is 5.82 Å². The van der Waals surface area contributed by atoms with Gasteiger partial charge in [0.25, 0.3) is 0 Å². The number of hydrogen-bond donors (Lipinski definition) is 1. The van der Waals surface area contributed by atoms with Gasteiger partial charge in [0.1, 0.15) is 12.4 Å². The summed E-state index contributed by atoms with van der Waals surface area (Å²) in [7, 11) is 0. The average Bonchev–Trinajstić information content (AvgIpc) is 2.69. The molecule has 0 aliphatic carbocycles. The van der Waals surface area contributed by atoms with Crippen molar-refractivity contribution in [3.8, 4) is 5.75 Å². The number of aromatic nitrogens is 3. The lowest BCUT2D eigenvalue weighted by molar-refractivity contribution is 0.290. The van der Waals surface area contributed by atoms with E-state index < -0.39 is 0 Å². The molecule has 0 saturated heterocycles. The summed E-state index contributed by atoms with van der Waals surface area (Å²) in [4.78, 5) is 0. The summed E-state index contributed by atoms with van der Waals surface area (Å²) in [6.07, 6.45) is 1.76. The zero-order chi connectivity index (χ0) is 13.0. The fraction of sp³-hybridized carbons (Fsp3) is 0.167. The van der Waals surface area contributed by atoms with Crippen LogP contribution in [0.5, 0.6) is 5.75 Å². The van der Waals surface area contributed by atoms with Crippen LogP contribution in [0.4, 0.5) is 0 Å². The van der Waals surface area contributed by atoms with E-state index in [9.17, 15) is 0 Å². The van der Waals surface area contributed by atoms with Crippen molar-refractivity contribution >= 4 is 23.8 Å². The van der Waals surface area contributed by atoms with Crippen LogP contribution in [0.3, 0.4) is 0 Å². The van der Waals surface area contributed by atoms with Gasteiger partial charge in [-0.15, -0.1) is 6.58 Å². The number of allylic oxidation sites excluding steroid dienone is 1. The number of benzene rings is 1. The van der Waals surface area contributed by atoms with Gasteiger partial charge in [-0.05, 0) is 30.4 Å². The van der Waals surface area contributed by atoms with Crippen molar-refractivity contribution in [1.29, 1.82) is 0 Å². The van der Waals surface area contributed by atoms with Gasteiger partial charge in [-0.25, -0.2) is 0 Å². The number of H-pyrrole nitrogens is 1. The van der Waals surface area contributed by atoms with Crippen molar-refractivity contribution in [2.45, 2.75) is 13.2 Å². The fourth-order valence-electron chi connectivity index (χ4n) is 1.48.